The van der Waals surface area contributed by atoms with Gasteiger partial charge in [0.05, 0.1) is 0 Å². The van der Waals surface area contributed by atoms with Crippen LogP contribution in [0.4, 0.5) is 0 Å². The summed E-state index contributed by atoms with van der Waals surface area (Å²) in [5, 5.41) is 3.60. The molecule has 2 heteroatoms. The summed E-state index contributed by atoms with van der Waals surface area (Å²) in [6.45, 7) is 2.16. The van der Waals surface area contributed by atoms with E-state index in [2.05, 4.69) is 37.5 Å². The standard InChI is InChI=1S/C19H29NO/c1-14-12-17-13-16(10-11-18(17)21-14)19(20-2)15-8-6-4-3-5-7-9-15/h10-11,13-15,19-20H,3-9,12H2,1-2H3. The summed E-state index contributed by atoms with van der Waals surface area (Å²) in [5.41, 5.74) is 2.85. The first-order valence-electron chi connectivity index (χ1n) is 8.74. The van der Waals surface area contributed by atoms with E-state index in [4.69, 9.17) is 4.74 Å². The van der Waals surface area contributed by atoms with Gasteiger partial charge in [-0.05, 0) is 49.9 Å². The zero-order valence-corrected chi connectivity index (χ0v) is 13.5. The van der Waals surface area contributed by atoms with Crippen molar-refractivity contribution in [2.24, 2.45) is 5.92 Å². The van der Waals surface area contributed by atoms with Crippen LogP contribution in [0.2, 0.25) is 0 Å². The van der Waals surface area contributed by atoms with E-state index < -0.39 is 0 Å². The van der Waals surface area contributed by atoms with Crippen molar-refractivity contribution in [2.75, 3.05) is 7.05 Å². The number of ether oxygens (including phenoxy) is 1. The van der Waals surface area contributed by atoms with E-state index in [1.807, 2.05) is 0 Å². The molecule has 2 atom stereocenters. The van der Waals surface area contributed by atoms with Crippen LogP contribution in [0.15, 0.2) is 18.2 Å². The molecular formula is C19H29NO. The highest BCUT2D eigenvalue weighted by Gasteiger charge is 2.25. The number of nitrogens with one attached hydrogen (secondary N) is 1. The Morgan fingerprint density at radius 2 is 1.81 bits per heavy atom. The Bertz CT molecular complexity index is 463. The average molecular weight is 287 g/mol. The van der Waals surface area contributed by atoms with Crippen molar-refractivity contribution in [1.29, 1.82) is 0 Å². The van der Waals surface area contributed by atoms with Crippen molar-refractivity contribution in [1.82, 2.24) is 5.32 Å². The summed E-state index contributed by atoms with van der Waals surface area (Å²) < 4.78 is 5.84. The molecule has 1 aromatic rings. The predicted octanol–water partition coefficient (Wildman–Crippen LogP) is 4.63. The first-order valence-corrected chi connectivity index (χ1v) is 8.74. The van der Waals surface area contributed by atoms with E-state index in [0.29, 0.717) is 12.1 Å². The molecule has 0 amide bonds. The van der Waals surface area contributed by atoms with E-state index in [-0.39, 0.29) is 0 Å². The van der Waals surface area contributed by atoms with Gasteiger partial charge in [-0.1, -0.05) is 44.2 Å². The molecule has 1 aromatic carbocycles. The SMILES string of the molecule is CNC(c1ccc2c(c1)CC(C)O2)C1CCCCCCC1. The molecule has 0 bridgehead atoms. The van der Waals surface area contributed by atoms with E-state index >= 15 is 0 Å². The van der Waals surface area contributed by atoms with Gasteiger partial charge in [-0.15, -0.1) is 0 Å². The Morgan fingerprint density at radius 1 is 1.10 bits per heavy atom. The van der Waals surface area contributed by atoms with Crippen molar-refractivity contribution in [3.8, 4) is 5.75 Å². The second-order valence-corrected chi connectivity index (χ2v) is 6.87. The largest absolute Gasteiger partial charge is 0.490 e. The number of hydrogen-bond donors (Lipinski definition) is 1. The fourth-order valence-electron chi connectivity index (χ4n) is 4.13. The second-order valence-electron chi connectivity index (χ2n) is 6.87. The molecular weight excluding hydrogens is 258 g/mol. The number of benzene rings is 1. The zero-order valence-electron chi connectivity index (χ0n) is 13.5. The van der Waals surface area contributed by atoms with Gasteiger partial charge in [0, 0.05) is 12.5 Å². The molecule has 0 spiro atoms. The fraction of sp³-hybridized carbons (Fsp3) is 0.684. The van der Waals surface area contributed by atoms with Crippen LogP contribution in [0.25, 0.3) is 0 Å². The molecule has 3 rings (SSSR count). The third kappa shape index (κ3) is 3.42. The van der Waals surface area contributed by atoms with Gasteiger partial charge in [0.25, 0.3) is 0 Å². The fourth-order valence-corrected chi connectivity index (χ4v) is 4.13. The molecule has 2 aliphatic rings. The summed E-state index contributed by atoms with van der Waals surface area (Å²) in [6.07, 6.45) is 11.2. The monoisotopic (exact) mass is 287 g/mol. The minimum absolute atomic E-state index is 0.338. The zero-order chi connectivity index (χ0) is 14.7. The molecule has 1 fully saturated rings. The Kier molecular flexibility index (Phi) is 4.84. The molecule has 21 heavy (non-hydrogen) atoms. The van der Waals surface area contributed by atoms with Crippen LogP contribution < -0.4 is 10.1 Å². The summed E-state index contributed by atoms with van der Waals surface area (Å²) in [4.78, 5) is 0. The summed E-state index contributed by atoms with van der Waals surface area (Å²) in [6, 6.07) is 7.35. The molecule has 1 aliphatic heterocycles. The lowest BCUT2D eigenvalue weighted by molar-refractivity contribution is 0.254. The first kappa shape index (κ1) is 14.9. The minimum Gasteiger partial charge on any atom is -0.490 e. The van der Waals surface area contributed by atoms with Gasteiger partial charge in [-0.2, -0.15) is 0 Å². The Balaban J connectivity index is 1.77. The van der Waals surface area contributed by atoms with Crippen LogP contribution >= 0.6 is 0 Å². The highest BCUT2D eigenvalue weighted by atomic mass is 16.5. The molecule has 1 heterocycles. The van der Waals surface area contributed by atoms with Crippen molar-refractivity contribution in [3.05, 3.63) is 29.3 Å². The van der Waals surface area contributed by atoms with Crippen LogP contribution in [0.5, 0.6) is 5.75 Å². The molecule has 1 aliphatic carbocycles. The minimum atomic E-state index is 0.338. The van der Waals surface area contributed by atoms with E-state index in [0.717, 1.165) is 18.1 Å². The van der Waals surface area contributed by atoms with Gasteiger partial charge in [0.1, 0.15) is 11.9 Å². The van der Waals surface area contributed by atoms with E-state index in [1.54, 1.807) is 0 Å². The molecule has 2 nitrogen and oxygen atoms in total. The lowest BCUT2D eigenvalue weighted by Gasteiger charge is -2.29. The smallest absolute Gasteiger partial charge is 0.123 e. The Hall–Kier alpha value is -1.02. The first-order chi connectivity index (χ1) is 10.3. The van der Waals surface area contributed by atoms with Gasteiger partial charge in [-0.3, -0.25) is 0 Å². The lowest BCUT2D eigenvalue weighted by atomic mass is 9.82. The highest BCUT2D eigenvalue weighted by molar-refractivity contribution is 5.41. The van der Waals surface area contributed by atoms with Gasteiger partial charge in [0.2, 0.25) is 0 Å². The average Bonchev–Trinajstić information content (AvgIpc) is 2.81. The van der Waals surface area contributed by atoms with Crippen molar-refractivity contribution in [3.63, 3.8) is 0 Å². The normalized spacial score (nSPS) is 24.8. The highest BCUT2D eigenvalue weighted by Crippen LogP contribution is 2.36. The van der Waals surface area contributed by atoms with E-state index in [1.165, 1.54) is 56.1 Å². The Labute approximate surface area is 129 Å². The van der Waals surface area contributed by atoms with Gasteiger partial charge >= 0.3 is 0 Å². The molecule has 0 radical (unpaired) electrons. The summed E-state index contributed by atoms with van der Waals surface area (Å²) >= 11 is 0. The molecule has 1 saturated carbocycles. The summed E-state index contributed by atoms with van der Waals surface area (Å²) in [7, 11) is 2.12. The van der Waals surface area contributed by atoms with Gasteiger partial charge in [-0.25, -0.2) is 0 Å². The van der Waals surface area contributed by atoms with E-state index in [9.17, 15) is 0 Å². The number of hydrogen-bond acceptors (Lipinski definition) is 2. The molecule has 1 N–H and O–H groups in total. The maximum absolute atomic E-state index is 5.84. The van der Waals surface area contributed by atoms with Crippen LogP contribution in [-0.4, -0.2) is 13.2 Å². The third-order valence-electron chi connectivity index (χ3n) is 5.21. The van der Waals surface area contributed by atoms with Gasteiger partial charge < -0.3 is 10.1 Å². The molecule has 0 aromatic heterocycles. The molecule has 2 unspecified atom stereocenters. The molecule has 116 valence electrons. The lowest BCUT2D eigenvalue weighted by Crippen LogP contribution is -2.26. The Morgan fingerprint density at radius 3 is 2.52 bits per heavy atom. The predicted molar refractivity (Wildman–Crippen MR) is 87.8 cm³/mol. The second kappa shape index (κ2) is 6.83. The third-order valence-corrected chi connectivity index (χ3v) is 5.21. The van der Waals surface area contributed by atoms with Gasteiger partial charge in [0.15, 0.2) is 0 Å². The van der Waals surface area contributed by atoms with Crippen LogP contribution in [-0.2, 0) is 6.42 Å². The van der Waals surface area contributed by atoms with Crippen LogP contribution in [0.3, 0.4) is 0 Å². The topological polar surface area (TPSA) is 21.3 Å². The number of fused-ring (bicyclic) bond motifs is 1. The van der Waals surface area contributed by atoms with Crippen molar-refractivity contribution < 1.29 is 4.74 Å². The maximum atomic E-state index is 5.84. The van der Waals surface area contributed by atoms with Crippen molar-refractivity contribution in [2.45, 2.75) is 70.4 Å². The maximum Gasteiger partial charge on any atom is 0.123 e. The molecule has 0 saturated heterocycles. The van der Waals surface area contributed by atoms with Crippen molar-refractivity contribution >= 4 is 0 Å². The number of rotatable bonds is 3. The van der Waals surface area contributed by atoms with Crippen LogP contribution in [0, 0.1) is 5.92 Å². The quantitative estimate of drug-likeness (QED) is 0.875. The summed E-state index contributed by atoms with van der Waals surface area (Å²) in [5.74, 6) is 1.88. The van der Waals surface area contributed by atoms with Crippen LogP contribution in [0.1, 0.15) is 69.0 Å².